The van der Waals surface area contributed by atoms with Gasteiger partial charge in [-0.15, -0.1) is 0 Å². The molecule has 0 fully saturated rings. The Balaban J connectivity index is 2.81. The number of allylic oxidation sites excluding steroid dienone is 1. The lowest BCUT2D eigenvalue weighted by Crippen LogP contribution is -2.23. The molecule has 0 saturated heterocycles. The summed E-state index contributed by atoms with van der Waals surface area (Å²) in [4.78, 5) is 4.16. The van der Waals surface area contributed by atoms with E-state index in [0.29, 0.717) is 0 Å². The molecule has 4 heteroatoms. The molecule has 1 aromatic heterocycles. The second kappa shape index (κ2) is 7.25. The van der Waals surface area contributed by atoms with E-state index in [0.717, 1.165) is 24.3 Å². The zero-order valence-corrected chi connectivity index (χ0v) is 13.7. The lowest BCUT2D eigenvalue weighted by Gasteiger charge is -2.30. The summed E-state index contributed by atoms with van der Waals surface area (Å²) in [5, 5.41) is 4.06. The van der Waals surface area contributed by atoms with Gasteiger partial charge in [0.25, 0.3) is 0 Å². The average Bonchev–Trinajstić information content (AvgIpc) is 2.96. The van der Waals surface area contributed by atoms with Crippen LogP contribution in [0.1, 0.15) is 53.2 Å². The van der Waals surface area contributed by atoms with Crippen molar-refractivity contribution in [3.63, 3.8) is 0 Å². The number of ether oxygens (including phenoxy) is 1. The van der Waals surface area contributed by atoms with E-state index in [4.69, 9.17) is 9.26 Å². The molecule has 0 spiro atoms. The highest BCUT2D eigenvalue weighted by molar-refractivity contribution is 5.54. The maximum Gasteiger partial charge on any atom is 0.127 e. The van der Waals surface area contributed by atoms with Crippen LogP contribution < -0.4 is 0 Å². The van der Waals surface area contributed by atoms with Gasteiger partial charge >= 0.3 is 0 Å². The molecular weight excluding hydrogens is 264 g/mol. The molecule has 0 aromatic carbocycles. The molecule has 21 heavy (non-hydrogen) atoms. The third-order valence-corrected chi connectivity index (χ3v) is 3.72. The fourth-order valence-electron chi connectivity index (χ4n) is 2.03. The molecule has 0 amide bonds. The number of hydrogen-bond donors (Lipinski definition) is 0. The molecule has 1 heterocycles. The molecular formula is C17H26N2O2. The Labute approximate surface area is 127 Å². The van der Waals surface area contributed by atoms with E-state index in [1.807, 2.05) is 13.0 Å². The van der Waals surface area contributed by atoms with Crippen LogP contribution in [0.2, 0.25) is 0 Å². The summed E-state index contributed by atoms with van der Waals surface area (Å²) in [5.74, 6) is 0.812. The van der Waals surface area contributed by atoms with Crippen molar-refractivity contribution in [2.45, 2.75) is 52.9 Å². The standard InChI is InChI=1S/C17H26N2O2/c1-7-18-13-15(20-8-2)17(5,6)11-10-16(3,4)14-9-12-21-19-14/h7-9,12-13H,2,10-11H2,1,3-6H3/b15-13-,18-7?. The van der Waals surface area contributed by atoms with Gasteiger partial charge in [-0.25, -0.2) is 0 Å². The van der Waals surface area contributed by atoms with Crippen molar-refractivity contribution in [1.82, 2.24) is 5.16 Å². The number of nitrogens with zero attached hydrogens (tertiary/aromatic N) is 2. The molecule has 0 aliphatic heterocycles. The number of rotatable bonds is 8. The minimum atomic E-state index is -0.137. The molecule has 4 nitrogen and oxygen atoms in total. The van der Waals surface area contributed by atoms with Crippen molar-refractivity contribution in [3.8, 4) is 0 Å². The number of hydrogen-bond acceptors (Lipinski definition) is 4. The van der Waals surface area contributed by atoms with Crippen molar-refractivity contribution in [2.24, 2.45) is 10.4 Å². The third kappa shape index (κ3) is 4.88. The molecule has 116 valence electrons. The van der Waals surface area contributed by atoms with Crippen LogP contribution in [0.3, 0.4) is 0 Å². The first-order valence-corrected chi connectivity index (χ1v) is 7.20. The number of aromatic nitrogens is 1. The molecule has 0 N–H and O–H groups in total. The van der Waals surface area contributed by atoms with Crippen molar-refractivity contribution < 1.29 is 9.26 Å². The molecule has 0 unspecified atom stereocenters. The topological polar surface area (TPSA) is 47.6 Å². The Morgan fingerprint density at radius 1 is 1.38 bits per heavy atom. The van der Waals surface area contributed by atoms with Crippen LogP contribution in [0, 0.1) is 5.41 Å². The van der Waals surface area contributed by atoms with Crippen LogP contribution in [0.25, 0.3) is 0 Å². The summed E-state index contributed by atoms with van der Waals surface area (Å²) < 4.78 is 10.5. The van der Waals surface area contributed by atoms with Crippen molar-refractivity contribution >= 4 is 6.21 Å². The maximum atomic E-state index is 5.54. The summed E-state index contributed by atoms with van der Waals surface area (Å²) in [6.45, 7) is 14.1. The summed E-state index contributed by atoms with van der Waals surface area (Å²) in [7, 11) is 0. The molecule has 0 saturated carbocycles. The largest absolute Gasteiger partial charge is 0.468 e. The van der Waals surface area contributed by atoms with Crippen LogP contribution in [-0.2, 0) is 10.2 Å². The summed E-state index contributed by atoms with van der Waals surface area (Å²) >= 11 is 0. The van der Waals surface area contributed by atoms with Crippen LogP contribution in [0.15, 0.2) is 46.6 Å². The minimum Gasteiger partial charge on any atom is -0.468 e. The van der Waals surface area contributed by atoms with Crippen LogP contribution in [0.5, 0.6) is 0 Å². The normalized spacial score (nSPS) is 13.7. The van der Waals surface area contributed by atoms with E-state index in [-0.39, 0.29) is 10.8 Å². The first kappa shape index (κ1) is 17.2. The van der Waals surface area contributed by atoms with E-state index < -0.39 is 0 Å². The minimum absolute atomic E-state index is 0.0441. The summed E-state index contributed by atoms with van der Waals surface area (Å²) in [6, 6.07) is 1.92. The van der Waals surface area contributed by atoms with Gasteiger partial charge in [-0.05, 0) is 19.8 Å². The van der Waals surface area contributed by atoms with Crippen LogP contribution in [-0.4, -0.2) is 11.4 Å². The summed E-state index contributed by atoms with van der Waals surface area (Å²) in [6.07, 6.45) is 8.45. The zero-order valence-electron chi connectivity index (χ0n) is 13.7. The molecule has 0 atom stereocenters. The van der Waals surface area contributed by atoms with Crippen molar-refractivity contribution in [2.75, 3.05) is 0 Å². The SMILES string of the molecule is C=CO/C(=C\N=CC)C(C)(C)CCC(C)(C)c1ccon1. The Hall–Kier alpha value is -1.84. The third-order valence-electron chi connectivity index (χ3n) is 3.72. The van der Waals surface area contributed by atoms with Crippen LogP contribution >= 0.6 is 0 Å². The van der Waals surface area contributed by atoms with Gasteiger partial charge < -0.3 is 9.26 Å². The van der Waals surface area contributed by atoms with E-state index in [1.54, 1.807) is 18.7 Å². The lowest BCUT2D eigenvalue weighted by atomic mass is 9.76. The second-order valence-electron chi connectivity index (χ2n) is 6.34. The van der Waals surface area contributed by atoms with Gasteiger partial charge in [0.05, 0.1) is 18.2 Å². The quantitative estimate of drug-likeness (QED) is 0.508. The molecule has 0 aliphatic carbocycles. The lowest BCUT2D eigenvalue weighted by molar-refractivity contribution is 0.203. The van der Waals surface area contributed by atoms with Gasteiger partial charge in [0.2, 0.25) is 0 Å². The highest BCUT2D eigenvalue weighted by atomic mass is 16.5. The fraction of sp³-hybridized carbons (Fsp3) is 0.529. The molecule has 1 aromatic rings. The second-order valence-corrected chi connectivity index (χ2v) is 6.34. The predicted octanol–water partition coefficient (Wildman–Crippen LogP) is 4.85. The molecule has 0 aliphatic rings. The van der Waals surface area contributed by atoms with Gasteiger partial charge in [-0.3, -0.25) is 4.99 Å². The Bertz CT molecular complexity index is 497. The van der Waals surface area contributed by atoms with Gasteiger partial charge in [-0.2, -0.15) is 0 Å². The predicted molar refractivity (Wildman–Crippen MR) is 86.1 cm³/mol. The van der Waals surface area contributed by atoms with Gasteiger partial charge in [0.1, 0.15) is 12.0 Å². The smallest absolute Gasteiger partial charge is 0.127 e. The monoisotopic (exact) mass is 290 g/mol. The van der Waals surface area contributed by atoms with Crippen LogP contribution in [0.4, 0.5) is 0 Å². The highest BCUT2D eigenvalue weighted by Gasteiger charge is 2.31. The Morgan fingerprint density at radius 2 is 2.10 bits per heavy atom. The van der Waals surface area contributed by atoms with Crippen molar-refractivity contribution in [3.05, 3.63) is 42.8 Å². The first-order chi connectivity index (χ1) is 9.83. The molecule has 1 rings (SSSR count). The fourth-order valence-corrected chi connectivity index (χ4v) is 2.03. The first-order valence-electron chi connectivity index (χ1n) is 7.20. The zero-order chi connectivity index (χ0) is 15.9. The molecule has 0 radical (unpaired) electrons. The van der Waals surface area contributed by atoms with Gasteiger partial charge in [0, 0.05) is 23.1 Å². The van der Waals surface area contributed by atoms with E-state index >= 15 is 0 Å². The molecule has 0 bridgehead atoms. The maximum absolute atomic E-state index is 5.54. The average molecular weight is 290 g/mol. The van der Waals surface area contributed by atoms with E-state index in [9.17, 15) is 0 Å². The number of aliphatic imine (C=N–C) groups is 1. The van der Waals surface area contributed by atoms with Crippen molar-refractivity contribution in [1.29, 1.82) is 0 Å². The van der Waals surface area contributed by atoms with E-state index in [1.165, 1.54) is 6.26 Å². The van der Waals surface area contributed by atoms with Gasteiger partial charge in [-0.1, -0.05) is 39.4 Å². The van der Waals surface area contributed by atoms with Gasteiger partial charge in [0.15, 0.2) is 0 Å². The summed E-state index contributed by atoms with van der Waals surface area (Å²) in [5.41, 5.74) is 0.791. The van der Waals surface area contributed by atoms with E-state index in [2.05, 4.69) is 44.4 Å². The Kier molecular flexibility index (Phi) is 5.94. The Morgan fingerprint density at radius 3 is 2.62 bits per heavy atom. The highest BCUT2D eigenvalue weighted by Crippen LogP contribution is 2.38.